The van der Waals surface area contributed by atoms with E-state index < -0.39 is 28.6 Å². The molecule has 0 saturated carbocycles. The summed E-state index contributed by atoms with van der Waals surface area (Å²) in [5.74, 6) is 0. The van der Waals surface area contributed by atoms with Gasteiger partial charge in [-0.3, -0.25) is 0 Å². The summed E-state index contributed by atoms with van der Waals surface area (Å²) >= 11 is 0. The normalized spacial score (nSPS) is 15.2. The zero-order valence-corrected chi connectivity index (χ0v) is 20.6. The van der Waals surface area contributed by atoms with Crippen LogP contribution >= 0.6 is 0 Å². The maximum absolute atomic E-state index is 12.2. The van der Waals surface area contributed by atoms with Gasteiger partial charge in [-0.2, -0.15) is 8.42 Å². The van der Waals surface area contributed by atoms with Crippen LogP contribution in [0.4, 0.5) is 0 Å². The topological polar surface area (TPSA) is 110 Å². The number of benzene rings is 1. The molecule has 0 aliphatic carbocycles. The van der Waals surface area contributed by atoms with E-state index in [0.29, 0.717) is 0 Å². The van der Waals surface area contributed by atoms with Crippen molar-refractivity contribution in [1.82, 2.24) is 0 Å². The molecule has 0 fully saturated rings. The molecule has 184 valence electrons. The van der Waals surface area contributed by atoms with Crippen molar-refractivity contribution in [2.24, 2.45) is 5.73 Å². The predicted octanol–water partition coefficient (Wildman–Crippen LogP) is 4.96. The van der Waals surface area contributed by atoms with E-state index in [0.717, 1.165) is 24.8 Å². The Morgan fingerprint density at radius 2 is 1.41 bits per heavy atom. The first kappa shape index (κ1) is 28.8. The summed E-state index contributed by atoms with van der Waals surface area (Å²) < 4.78 is 29.2. The molecule has 7 heteroatoms. The molecule has 0 aromatic heterocycles. The second-order valence-electron chi connectivity index (χ2n) is 8.57. The molecule has 1 unspecified atom stereocenters. The van der Waals surface area contributed by atoms with Crippen LogP contribution < -0.4 is 5.73 Å². The van der Waals surface area contributed by atoms with Gasteiger partial charge in [0.1, 0.15) is 0 Å². The average molecular weight is 470 g/mol. The maximum Gasteiger partial charge on any atom is 0.299 e. The van der Waals surface area contributed by atoms with Crippen LogP contribution in [0.5, 0.6) is 0 Å². The summed E-state index contributed by atoms with van der Waals surface area (Å²) in [5, 5.41) is 20.1. The van der Waals surface area contributed by atoms with Crippen molar-refractivity contribution in [3.8, 4) is 0 Å². The highest BCUT2D eigenvalue weighted by molar-refractivity contribution is 7.86. The van der Waals surface area contributed by atoms with Crippen molar-refractivity contribution in [3.05, 3.63) is 42.0 Å². The van der Waals surface area contributed by atoms with E-state index in [9.17, 15) is 18.6 Å². The van der Waals surface area contributed by atoms with Crippen LogP contribution in [0.3, 0.4) is 0 Å². The predicted molar refractivity (Wildman–Crippen MR) is 130 cm³/mol. The molecule has 0 saturated heterocycles. The quantitative estimate of drug-likeness (QED) is 0.121. The number of nitrogens with two attached hydrogens (primary N) is 1. The second-order valence-corrected chi connectivity index (χ2v) is 10.1. The summed E-state index contributed by atoms with van der Waals surface area (Å²) in [7, 11) is -4.17. The lowest BCUT2D eigenvalue weighted by Crippen LogP contribution is -2.46. The fraction of sp³-hybridized carbons (Fsp3) is 0.680. The third kappa shape index (κ3) is 12.1. The zero-order valence-electron chi connectivity index (χ0n) is 19.8. The minimum atomic E-state index is -4.17. The number of aliphatic hydroxyl groups is 2. The Morgan fingerprint density at radius 3 is 1.94 bits per heavy atom. The van der Waals surface area contributed by atoms with Gasteiger partial charge in [-0.1, -0.05) is 101 Å². The van der Waals surface area contributed by atoms with E-state index in [-0.39, 0.29) is 4.90 Å². The van der Waals surface area contributed by atoms with Gasteiger partial charge in [0.15, 0.2) is 6.29 Å². The molecule has 3 atom stereocenters. The van der Waals surface area contributed by atoms with E-state index in [2.05, 4.69) is 6.92 Å². The van der Waals surface area contributed by atoms with Gasteiger partial charge in [-0.25, -0.2) is 4.18 Å². The van der Waals surface area contributed by atoms with E-state index in [4.69, 9.17) is 9.92 Å². The highest BCUT2D eigenvalue weighted by Gasteiger charge is 2.28. The van der Waals surface area contributed by atoms with Crippen molar-refractivity contribution >= 4 is 10.1 Å². The zero-order chi connectivity index (χ0) is 23.8. The van der Waals surface area contributed by atoms with Crippen molar-refractivity contribution < 1.29 is 22.8 Å². The number of aliphatic hydroxyl groups excluding tert-OH is 2. The van der Waals surface area contributed by atoms with Crippen molar-refractivity contribution in [2.45, 2.75) is 114 Å². The van der Waals surface area contributed by atoms with Gasteiger partial charge in [0.2, 0.25) is 0 Å². The van der Waals surface area contributed by atoms with E-state index in [1.807, 2.05) is 13.0 Å². The lowest BCUT2D eigenvalue weighted by atomic mass is 10.0. The number of unbranched alkanes of at least 4 members (excludes halogenated alkanes) is 11. The van der Waals surface area contributed by atoms with Gasteiger partial charge in [-0.05, 0) is 31.9 Å². The minimum absolute atomic E-state index is 0.0733. The van der Waals surface area contributed by atoms with Gasteiger partial charge in [-0.15, -0.1) is 0 Å². The highest BCUT2D eigenvalue weighted by atomic mass is 32.2. The van der Waals surface area contributed by atoms with Crippen molar-refractivity contribution in [3.63, 3.8) is 0 Å². The Labute approximate surface area is 195 Å². The molecule has 0 spiro atoms. The molecule has 0 aliphatic rings. The molecule has 0 radical (unpaired) electrons. The molecule has 0 amide bonds. The van der Waals surface area contributed by atoms with Crippen LogP contribution in [-0.4, -0.2) is 37.1 Å². The molecule has 0 aliphatic heterocycles. The first-order valence-electron chi connectivity index (χ1n) is 12.1. The van der Waals surface area contributed by atoms with Crippen LogP contribution in [0.2, 0.25) is 0 Å². The van der Waals surface area contributed by atoms with Crippen molar-refractivity contribution in [2.75, 3.05) is 0 Å². The third-order valence-electron chi connectivity index (χ3n) is 5.57. The van der Waals surface area contributed by atoms with Gasteiger partial charge >= 0.3 is 0 Å². The SMILES string of the molecule is CCCCCCCCCCCCC/C=C/[C@@H](O)[C@H](N)C(O)OS(=O)(=O)c1ccc(C)cc1. The molecule has 1 aromatic rings. The monoisotopic (exact) mass is 469 g/mol. The molecule has 1 rings (SSSR count). The molecule has 1 aromatic carbocycles. The summed E-state index contributed by atoms with van der Waals surface area (Å²) in [6, 6.07) is 4.78. The van der Waals surface area contributed by atoms with Crippen LogP contribution in [0.1, 0.15) is 89.5 Å². The Bertz CT molecular complexity index is 733. The number of allylic oxidation sites excluding steroid dienone is 1. The van der Waals surface area contributed by atoms with Crippen molar-refractivity contribution in [1.29, 1.82) is 0 Å². The largest absolute Gasteiger partial charge is 0.387 e. The number of aryl methyl sites for hydroxylation is 1. The average Bonchev–Trinajstić information content (AvgIpc) is 2.76. The van der Waals surface area contributed by atoms with E-state index in [1.165, 1.54) is 76.0 Å². The lowest BCUT2D eigenvalue weighted by Gasteiger charge is -2.21. The Kier molecular flexibility index (Phi) is 14.7. The van der Waals surface area contributed by atoms with Crippen LogP contribution in [0.15, 0.2) is 41.3 Å². The highest BCUT2D eigenvalue weighted by Crippen LogP contribution is 2.16. The molecular weight excluding hydrogens is 426 g/mol. The summed E-state index contributed by atoms with van der Waals surface area (Å²) in [4.78, 5) is -0.0733. The smallest absolute Gasteiger partial charge is 0.299 e. The lowest BCUT2D eigenvalue weighted by molar-refractivity contribution is -0.0545. The molecule has 0 bridgehead atoms. The van der Waals surface area contributed by atoms with Gasteiger partial charge in [0, 0.05) is 0 Å². The van der Waals surface area contributed by atoms with E-state index in [1.54, 1.807) is 12.1 Å². The standard InChI is InChI=1S/C25H43NO5S/c1-3-4-5-6-7-8-9-10-11-12-13-14-15-16-23(27)24(26)25(28)31-32(29,30)22-19-17-21(2)18-20-22/h15-20,23-25,27-28H,3-14,26H2,1-2H3/b16-15+/t23-,24+,25?/m1/s1. The number of hydrogen-bond acceptors (Lipinski definition) is 6. The summed E-state index contributed by atoms with van der Waals surface area (Å²) in [5.41, 5.74) is 6.68. The Morgan fingerprint density at radius 1 is 0.906 bits per heavy atom. The molecule has 0 heterocycles. The number of rotatable bonds is 18. The Balaban J connectivity index is 2.20. The fourth-order valence-electron chi connectivity index (χ4n) is 3.41. The third-order valence-corrected chi connectivity index (χ3v) is 6.87. The number of hydrogen-bond donors (Lipinski definition) is 3. The molecule has 6 nitrogen and oxygen atoms in total. The minimum Gasteiger partial charge on any atom is -0.387 e. The Hall–Kier alpha value is -1.25. The molecule has 32 heavy (non-hydrogen) atoms. The first-order chi connectivity index (χ1) is 15.3. The summed E-state index contributed by atoms with van der Waals surface area (Å²) in [6.45, 7) is 4.07. The van der Waals surface area contributed by atoms with Crippen LogP contribution in [0, 0.1) is 6.92 Å². The molecular formula is C25H43NO5S. The van der Waals surface area contributed by atoms with Gasteiger partial charge in [0.25, 0.3) is 10.1 Å². The van der Waals surface area contributed by atoms with Crippen LogP contribution in [0.25, 0.3) is 0 Å². The second kappa shape index (κ2) is 16.4. The summed E-state index contributed by atoms with van der Waals surface area (Å²) in [6.07, 6.45) is 15.1. The molecule has 4 N–H and O–H groups in total. The van der Waals surface area contributed by atoms with E-state index >= 15 is 0 Å². The first-order valence-corrected chi connectivity index (χ1v) is 13.5. The van der Waals surface area contributed by atoms with Gasteiger partial charge in [0.05, 0.1) is 17.0 Å². The van der Waals surface area contributed by atoms with Gasteiger partial charge < -0.3 is 15.9 Å². The maximum atomic E-state index is 12.2. The fourth-order valence-corrected chi connectivity index (χ4v) is 4.38. The van der Waals surface area contributed by atoms with Crippen LogP contribution in [-0.2, 0) is 14.3 Å².